The first-order valence-corrected chi connectivity index (χ1v) is 11.3. The van der Waals surface area contributed by atoms with Crippen molar-refractivity contribution in [3.8, 4) is 5.75 Å². The molecule has 5 rings (SSSR count). The number of ketones is 1. The van der Waals surface area contributed by atoms with Gasteiger partial charge in [0.25, 0.3) is 6.23 Å². The molecule has 0 amide bonds. The van der Waals surface area contributed by atoms with E-state index in [-0.39, 0.29) is 11.8 Å². The summed E-state index contributed by atoms with van der Waals surface area (Å²) < 4.78 is 8.06. The van der Waals surface area contributed by atoms with Crippen LogP contribution in [0.25, 0.3) is 0 Å². The van der Waals surface area contributed by atoms with Gasteiger partial charge in [-0.3, -0.25) is 4.79 Å². The largest absolute Gasteiger partial charge is 0.461 e. The lowest BCUT2D eigenvalue weighted by Gasteiger charge is -2.37. The third kappa shape index (κ3) is 3.57. The average Bonchev–Trinajstić information content (AvgIpc) is 3.19. The van der Waals surface area contributed by atoms with Crippen LogP contribution in [0, 0.1) is 0 Å². The average molecular weight is 547 g/mol. The zero-order valence-corrected chi connectivity index (χ0v) is 19.5. The van der Waals surface area contributed by atoms with Crippen LogP contribution >= 0.6 is 43.5 Å². The van der Waals surface area contributed by atoms with Crippen LogP contribution in [0.3, 0.4) is 0 Å². The molecule has 4 nitrogen and oxygen atoms in total. The Bertz CT molecular complexity index is 1160. The smallest absolute Gasteiger partial charge is 0.251 e. The summed E-state index contributed by atoms with van der Waals surface area (Å²) in [7, 11) is 0. The van der Waals surface area contributed by atoms with Crippen LogP contribution in [0.1, 0.15) is 33.9 Å². The molecule has 0 bridgehead atoms. The van der Waals surface area contributed by atoms with Gasteiger partial charge in [-0.15, -0.1) is 0 Å². The Kier molecular flexibility index (Phi) is 5.17. The van der Waals surface area contributed by atoms with Crippen LogP contribution in [0.15, 0.2) is 80.8 Å². The highest BCUT2D eigenvalue weighted by molar-refractivity contribution is 9.10. The van der Waals surface area contributed by atoms with Gasteiger partial charge in [0.05, 0.1) is 11.8 Å². The molecule has 2 atom stereocenters. The highest BCUT2D eigenvalue weighted by Crippen LogP contribution is 2.44. The predicted octanol–water partition coefficient (Wildman–Crippen LogP) is 6.62. The second kappa shape index (κ2) is 7.84. The first kappa shape index (κ1) is 19.8. The first-order valence-electron chi connectivity index (χ1n) is 9.37. The fourth-order valence-electron chi connectivity index (χ4n) is 3.80. The third-order valence-corrected chi connectivity index (χ3v) is 6.57. The Morgan fingerprint density at radius 1 is 1.00 bits per heavy atom. The summed E-state index contributed by atoms with van der Waals surface area (Å²) in [6, 6.07) is 20.7. The highest BCUT2D eigenvalue weighted by Gasteiger charge is 2.43. The van der Waals surface area contributed by atoms with Gasteiger partial charge >= 0.3 is 0 Å². The predicted molar refractivity (Wildman–Crippen MR) is 124 cm³/mol. The van der Waals surface area contributed by atoms with Gasteiger partial charge in [-0.05, 0) is 48.0 Å². The van der Waals surface area contributed by atoms with E-state index in [1.54, 1.807) is 23.2 Å². The second-order valence-electron chi connectivity index (χ2n) is 7.18. The number of halogens is 3. The Hall–Kier alpha value is -2.15. The molecule has 7 heteroatoms. The fourth-order valence-corrected chi connectivity index (χ4v) is 4.51. The number of nitrogens with zero attached hydrogens (tertiary/aromatic N) is 2. The Balaban J connectivity index is 1.57. The van der Waals surface area contributed by atoms with Gasteiger partial charge in [0, 0.05) is 31.5 Å². The van der Waals surface area contributed by atoms with Crippen molar-refractivity contribution in [3.63, 3.8) is 0 Å². The lowest BCUT2D eigenvalue weighted by Crippen LogP contribution is -2.45. The summed E-state index contributed by atoms with van der Waals surface area (Å²) in [6.45, 7) is 0. The van der Waals surface area contributed by atoms with Crippen molar-refractivity contribution in [3.05, 3.63) is 97.4 Å². The fraction of sp³-hybridized carbons (Fsp3) is 0.130. The number of Topliss-reactive ketones (excluding diaryl/α,β-unsaturated/α-hetero) is 1. The number of fused-ring (bicyclic) bond motifs is 3. The summed E-state index contributed by atoms with van der Waals surface area (Å²) in [5.41, 5.74) is 3.45. The molecule has 0 spiro atoms. The van der Waals surface area contributed by atoms with E-state index in [1.807, 2.05) is 48.5 Å². The lowest BCUT2D eigenvalue weighted by atomic mass is 9.96. The zero-order chi connectivity index (χ0) is 20.8. The number of benzene rings is 3. The number of hydrogen-bond donors (Lipinski definition) is 0. The number of carbonyl (C=O) groups is 1. The molecule has 0 N–H and O–H groups in total. The molecule has 0 radical (unpaired) electrons. The van der Waals surface area contributed by atoms with E-state index in [9.17, 15) is 4.79 Å². The molecule has 0 unspecified atom stereocenters. The molecule has 3 aromatic carbocycles. The maximum absolute atomic E-state index is 13.3. The molecule has 0 aliphatic carbocycles. The van der Waals surface area contributed by atoms with E-state index >= 15 is 0 Å². The molecule has 0 saturated carbocycles. The van der Waals surface area contributed by atoms with Gasteiger partial charge in [-0.2, -0.15) is 5.10 Å². The minimum atomic E-state index is -0.835. The molecule has 0 aromatic heterocycles. The molecule has 0 fully saturated rings. The lowest BCUT2D eigenvalue weighted by molar-refractivity contribution is -0.00455. The number of rotatable bonds is 3. The molecule has 2 aliphatic rings. The number of hydrogen-bond acceptors (Lipinski definition) is 4. The molecule has 2 heterocycles. The minimum Gasteiger partial charge on any atom is -0.461 e. The highest BCUT2D eigenvalue weighted by atomic mass is 79.9. The monoisotopic (exact) mass is 544 g/mol. The van der Waals surface area contributed by atoms with Gasteiger partial charge in [0.15, 0.2) is 0 Å². The quantitative estimate of drug-likeness (QED) is 0.347. The first-order chi connectivity index (χ1) is 14.5. The SMILES string of the molecule is O=C(c1ccc(Br)cc1)[C@@H]1Oc2ccc(Cl)cc2[C@H]2CC(c3ccc(Br)cc3)=NN21. The van der Waals surface area contributed by atoms with Crippen LogP contribution in [-0.4, -0.2) is 22.7 Å². The normalized spacial score (nSPS) is 19.6. The summed E-state index contributed by atoms with van der Waals surface area (Å²) in [5, 5.41) is 7.23. The van der Waals surface area contributed by atoms with Crippen molar-refractivity contribution in [2.45, 2.75) is 18.7 Å². The Morgan fingerprint density at radius 2 is 1.67 bits per heavy atom. The summed E-state index contributed by atoms with van der Waals surface area (Å²) in [6.07, 6.45) is -0.166. The number of carbonyl (C=O) groups excluding carboxylic acids is 1. The van der Waals surface area contributed by atoms with Gasteiger partial charge < -0.3 is 4.74 Å². The van der Waals surface area contributed by atoms with E-state index in [0.717, 1.165) is 25.8 Å². The maximum atomic E-state index is 13.3. The standard InChI is InChI=1S/C23H15Br2ClN2O2/c24-15-5-1-13(2-6-15)19-12-20-18-11-17(26)9-10-21(18)30-23(28(20)27-19)22(29)14-3-7-16(25)8-4-14/h1-11,20,23H,12H2/t20-,23+/m1/s1. The van der Waals surface area contributed by atoms with Crippen molar-refractivity contribution in [2.24, 2.45) is 5.10 Å². The van der Waals surface area contributed by atoms with E-state index in [4.69, 9.17) is 21.4 Å². The summed E-state index contributed by atoms with van der Waals surface area (Å²) in [4.78, 5) is 13.3. The molecule has 2 aliphatic heterocycles. The van der Waals surface area contributed by atoms with E-state index < -0.39 is 6.23 Å². The van der Waals surface area contributed by atoms with Crippen LogP contribution in [0.4, 0.5) is 0 Å². The molecule has 0 saturated heterocycles. The molecular formula is C23H15Br2ClN2O2. The van der Waals surface area contributed by atoms with Crippen LogP contribution < -0.4 is 4.74 Å². The Labute approximate surface area is 195 Å². The van der Waals surface area contributed by atoms with Gasteiger partial charge in [0.2, 0.25) is 5.78 Å². The summed E-state index contributed by atoms with van der Waals surface area (Å²) >= 11 is 13.1. The van der Waals surface area contributed by atoms with E-state index in [0.29, 0.717) is 22.8 Å². The topological polar surface area (TPSA) is 41.9 Å². The van der Waals surface area contributed by atoms with Crippen molar-refractivity contribution in [1.82, 2.24) is 5.01 Å². The van der Waals surface area contributed by atoms with Gasteiger partial charge in [-0.1, -0.05) is 67.7 Å². The minimum absolute atomic E-state index is 0.115. The van der Waals surface area contributed by atoms with E-state index in [2.05, 4.69) is 31.9 Å². The van der Waals surface area contributed by atoms with Crippen LogP contribution in [0.5, 0.6) is 5.75 Å². The zero-order valence-electron chi connectivity index (χ0n) is 15.6. The van der Waals surface area contributed by atoms with Crippen LogP contribution in [0.2, 0.25) is 5.02 Å². The molecule has 3 aromatic rings. The van der Waals surface area contributed by atoms with Crippen molar-refractivity contribution >= 4 is 55.0 Å². The molecule has 30 heavy (non-hydrogen) atoms. The van der Waals surface area contributed by atoms with Gasteiger partial charge in [0.1, 0.15) is 5.75 Å². The maximum Gasteiger partial charge on any atom is 0.251 e. The Morgan fingerprint density at radius 3 is 2.37 bits per heavy atom. The van der Waals surface area contributed by atoms with Crippen molar-refractivity contribution < 1.29 is 9.53 Å². The molecule has 150 valence electrons. The molecular weight excluding hydrogens is 532 g/mol. The van der Waals surface area contributed by atoms with E-state index in [1.165, 1.54) is 0 Å². The number of ether oxygens (including phenoxy) is 1. The number of hydrazone groups is 1. The van der Waals surface area contributed by atoms with Crippen molar-refractivity contribution in [2.75, 3.05) is 0 Å². The third-order valence-electron chi connectivity index (χ3n) is 5.28. The van der Waals surface area contributed by atoms with Crippen LogP contribution in [-0.2, 0) is 0 Å². The summed E-state index contributed by atoms with van der Waals surface area (Å²) in [5.74, 6) is 0.539. The van der Waals surface area contributed by atoms with Crippen molar-refractivity contribution in [1.29, 1.82) is 0 Å². The second-order valence-corrected chi connectivity index (χ2v) is 9.44. The van der Waals surface area contributed by atoms with Gasteiger partial charge in [-0.25, -0.2) is 5.01 Å².